The molecule has 1 amide bonds. The second-order valence-electron chi connectivity index (χ2n) is 4.89. The molecule has 0 aliphatic carbocycles. The van der Waals surface area contributed by atoms with Gasteiger partial charge in [0.25, 0.3) is 5.91 Å². The van der Waals surface area contributed by atoms with Gasteiger partial charge in [-0.2, -0.15) is 0 Å². The van der Waals surface area contributed by atoms with Gasteiger partial charge in [0.05, 0.1) is 31.3 Å². The van der Waals surface area contributed by atoms with Crippen LogP contribution in [0.15, 0.2) is 23.1 Å². The van der Waals surface area contributed by atoms with Crippen LogP contribution in [-0.2, 0) is 9.53 Å². The van der Waals surface area contributed by atoms with E-state index in [0.29, 0.717) is 41.3 Å². The molecule has 1 aromatic rings. The number of thiocarbonyl (C=S) groups is 1. The summed E-state index contributed by atoms with van der Waals surface area (Å²) in [7, 11) is 1.60. The number of benzene rings is 1. The first-order chi connectivity index (χ1) is 11.6. The zero-order chi connectivity index (χ0) is 17.5. The van der Waals surface area contributed by atoms with E-state index < -0.39 is 0 Å². The number of carbonyl (C=O) groups excluding carboxylic acids is 1. The van der Waals surface area contributed by atoms with Crippen LogP contribution in [0.5, 0.6) is 11.5 Å². The Morgan fingerprint density at radius 1 is 1.25 bits per heavy atom. The molecular formula is C17H21NO4S2. The lowest BCUT2D eigenvalue weighted by Gasteiger charge is -2.13. The van der Waals surface area contributed by atoms with E-state index in [-0.39, 0.29) is 5.91 Å². The van der Waals surface area contributed by atoms with Gasteiger partial charge in [-0.3, -0.25) is 9.69 Å². The Bertz CT molecular complexity index is 645. The number of ether oxygens (including phenoxy) is 3. The van der Waals surface area contributed by atoms with E-state index >= 15 is 0 Å². The third-order valence-corrected chi connectivity index (χ3v) is 4.65. The van der Waals surface area contributed by atoms with E-state index in [4.69, 9.17) is 26.4 Å². The van der Waals surface area contributed by atoms with Crippen molar-refractivity contribution >= 4 is 40.3 Å². The van der Waals surface area contributed by atoms with E-state index in [0.717, 1.165) is 11.3 Å². The first-order valence-electron chi connectivity index (χ1n) is 7.74. The molecule has 0 unspecified atom stereocenters. The summed E-state index contributed by atoms with van der Waals surface area (Å²) in [5.41, 5.74) is 0.826. The monoisotopic (exact) mass is 367 g/mol. The molecule has 0 aromatic heterocycles. The topological polar surface area (TPSA) is 48.0 Å². The lowest BCUT2D eigenvalue weighted by molar-refractivity contribution is -0.122. The lowest BCUT2D eigenvalue weighted by atomic mass is 10.1. The second kappa shape index (κ2) is 9.05. The zero-order valence-corrected chi connectivity index (χ0v) is 15.7. The van der Waals surface area contributed by atoms with Crippen molar-refractivity contribution in [3.8, 4) is 11.5 Å². The van der Waals surface area contributed by atoms with Crippen LogP contribution >= 0.6 is 24.0 Å². The number of hydrogen-bond acceptors (Lipinski definition) is 6. The summed E-state index contributed by atoms with van der Waals surface area (Å²) in [5.74, 6) is 1.33. The quantitative estimate of drug-likeness (QED) is 0.519. The van der Waals surface area contributed by atoms with Crippen LogP contribution < -0.4 is 9.47 Å². The molecule has 1 aromatic carbocycles. The molecule has 24 heavy (non-hydrogen) atoms. The lowest BCUT2D eigenvalue weighted by Crippen LogP contribution is -2.31. The van der Waals surface area contributed by atoms with Gasteiger partial charge >= 0.3 is 0 Å². The second-order valence-corrected chi connectivity index (χ2v) is 6.57. The van der Waals surface area contributed by atoms with E-state index in [1.165, 1.54) is 11.8 Å². The third kappa shape index (κ3) is 4.49. The van der Waals surface area contributed by atoms with Crippen molar-refractivity contribution in [1.82, 2.24) is 4.90 Å². The Balaban J connectivity index is 2.26. The number of methoxy groups -OCH3 is 1. The number of carbonyl (C=O) groups is 1. The molecule has 0 spiro atoms. The molecule has 5 nitrogen and oxygen atoms in total. The van der Waals surface area contributed by atoms with Gasteiger partial charge in [-0.05, 0) is 32.1 Å². The fourth-order valence-corrected chi connectivity index (χ4v) is 3.49. The Morgan fingerprint density at radius 2 is 2.00 bits per heavy atom. The molecule has 1 aliphatic rings. The Kier molecular flexibility index (Phi) is 7.08. The van der Waals surface area contributed by atoms with Gasteiger partial charge in [0.15, 0.2) is 0 Å². The molecule has 0 bridgehead atoms. The van der Waals surface area contributed by atoms with Crippen LogP contribution in [0.3, 0.4) is 0 Å². The number of hydrogen-bond donors (Lipinski definition) is 0. The minimum absolute atomic E-state index is 0.0987. The van der Waals surface area contributed by atoms with Crippen molar-refractivity contribution < 1.29 is 19.0 Å². The van der Waals surface area contributed by atoms with Gasteiger partial charge in [0.1, 0.15) is 15.8 Å². The smallest absolute Gasteiger partial charge is 0.266 e. The van der Waals surface area contributed by atoms with Crippen LogP contribution in [0.25, 0.3) is 6.08 Å². The molecule has 1 saturated heterocycles. The molecule has 0 N–H and O–H groups in total. The first kappa shape index (κ1) is 18.8. The molecule has 1 fully saturated rings. The maximum Gasteiger partial charge on any atom is 0.266 e. The van der Waals surface area contributed by atoms with Gasteiger partial charge in [0.2, 0.25) is 0 Å². The maximum absolute atomic E-state index is 12.5. The van der Waals surface area contributed by atoms with Crippen molar-refractivity contribution in [2.45, 2.75) is 13.8 Å². The summed E-state index contributed by atoms with van der Waals surface area (Å²) in [5, 5.41) is 0. The number of nitrogens with zero attached hydrogens (tertiary/aromatic N) is 1. The molecule has 130 valence electrons. The fourth-order valence-electron chi connectivity index (χ4n) is 2.19. The standard InChI is InChI=1S/C17H21NO4S2/c1-4-21-13-7-6-12(14(11-13)22-5-2)10-15-16(19)18(8-9-20-3)17(23)24-15/h6-7,10-11H,4-5,8-9H2,1-3H3. The van der Waals surface area contributed by atoms with Crippen LogP contribution in [0.4, 0.5) is 0 Å². The first-order valence-corrected chi connectivity index (χ1v) is 8.97. The van der Waals surface area contributed by atoms with E-state index in [9.17, 15) is 4.79 Å². The largest absolute Gasteiger partial charge is 0.494 e. The van der Waals surface area contributed by atoms with Gasteiger partial charge < -0.3 is 14.2 Å². The number of rotatable bonds is 8. The normalized spacial score (nSPS) is 16.1. The highest BCUT2D eigenvalue weighted by Gasteiger charge is 2.31. The highest BCUT2D eigenvalue weighted by atomic mass is 32.2. The van der Waals surface area contributed by atoms with Crippen LogP contribution in [-0.4, -0.2) is 48.6 Å². The zero-order valence-electron chi connectivity index (χ0n) is 14.0. The molecule has 0 radical (unpaired) electrons. The Hall–Kier alpha value is -1.57. The predicted molar refractivity (Wildman–Crippen MR) is 101 cm³/mol. The van der Waals surface area contributed by atoms with Gasteiger partial charge in [-0.25, -0.2) is 0 Å². The SMILES string of the molecule is CCOc1ccc(C=C2SC(=S)N(CCOC)C2=O)c(OCC)c1. The van der Waals surface area contributed by atoms with Crippen LogP contribution in [0.1, 0.15) is 19.4 Å². The summed E-state index contributed by atoms with van der Waals surface area (Å²) < 4.78 is 16.8. The molecule has 0 atom stereocenters. The van der Waals surface area contributed by atoms with Crippen LogP contribution in [0.2, 0.25) is 0 Å². The molecule has 2 rings (SSSR count). The van der Waals surface area contributed by atoms with E-state index in [1.807, 2.05) is 38.1 Å². The van der Waals surface area contributed by atoms with Gasteiger partial charge in [-0.15, -0.1) is 0 Å². The summed E-state index contributed by atoms with van der Waals surface area (Å²) in [6.45, 7) is 5.88. The predicted octanol–water partition coefficient (Wildman–Crippen LogP) is 3.33. The van der Waals surface area contributed by atoms with E-state index in [1.54, 1.807) is 12.0 Å². The van der Waals surface area contributed by atoms with Gasteiger partial charge in [-0.1, -0.05) is 24.0 Å². The van der Waals surface area contributed by atoms with Crippen LogP contribution in [0, 0.1) is 0 Å². The summed E-state index contributed by atoms with van der Waals surface area (Å²) >= 11 is 6.58. The maximum atomic E-state index is 12.5. The summed E-state index contributed by atoms with van der Waals surface area (Å²) in [6.07, 6.45) is 1.81. The molecule has 7 heteroatoms. The average Bonchev–Trinajstić information content (AvgIpc) is 2.82. The third-order valence-electron chi connectivity index (χ3n) is 3.28. The van der Waals surface area contributed by atoms with Crippen molar-refractivity contribution in [2.75, 3.05) is 33.5 Å². The molecule has 1 aliphatic heterocycles. The van der Waals surface area contributed by atoms with E-state index in [2.05, 4.69) is 0 Å². The Labute approximate surface area is 151 Å². The number of amides is 1. The summed E-state index contributed by atoms with van der Waals surface area (Å²) in [6, 6.07) is 5.59. The minimum atomic E-state index is -0.0987. The molecular weight excluding hydrogens is 346 g/mol. The van der Waals surface area contributed by atoms with Gasteiger partial charge in [0, 0.05) is 18.7 Å². The molecule has 0 saturated carbocycles. The molecule has 1 heterocycles. The van der Waals surface area contributed by atoms with Crippen molar-refractivity contribution in [3.63, 3.8) is 0 Å². The highest BCUT2D eigenvalue weighted by molar-refractivity contribution is 8.26. The number of thioether (sulfide) groups is 1. The average molecular weight is 367 g/mol. The highest BCUT2D eigenvalue weighted by Crippen LogP contribution is 2.35. The fraction of sp³-hybridized carbons (Fsp3) is 0.412. The Morgan fingerprint density at radius 3 is 2.67 bits per heavy atom. The van der Waals surface area contributed by atoms with Crippen molar-refractivity contribution in [1.29, 1.82) is 0 Å². The van der Waals surface area contributed by atoms with Crippen molar-refractivity contribution in [2.24, 2.45) is 0 Å². The van der Waals surface area contributed by atoms with Crippen molar-refractivity contribution in [3.05, 3.63) is 28.7 Å². The summed E-state index contributed by atoms with van der Waals surface area (Å²) in [4.78, 5) is 14.6. The minimum Gasteiger partial charge on any atom is -0.494 e.